The second-order valence-corrected chi connectivity index (χ2v) is 8.26. The molecule has 2 heterocycles. The van der Waals surface area contributed by atoms with Crippen LogP contribution >= 0.6 is 22.9 Å². The summed E-state index contributed by atoms with van der Waals surface area (Å²) in [6, 6.07) is 15.8. The molecule has 0 spiro atoms. The minimum atomic E-state index is -0.505. The summed E-state index contributed by atoms with van der Waals surface area (Å²) >= 11 is 7.19. The van der Waals surface area contributed by atoms with Crippen molar-refractivity contribution in [3.63, 3.8) is 0 Å². The number of amides is 2. The zero-order chi connectivity index (χ0) is 23.4. The van der Waals surface area contributed by atoms with Crippen LogP contribution in [0.3, 0.4) is 0 Å². The highest BCUT2D eigenvalue weighted by molar-refractivity contribution is 7.12. The summed E-state index contributed by atoms with van der Waals surface area (Å²) in [6.07, 6.45) is 0. The first-order chi connectivity index (χ1) is 16.0. The Kier molecular flexibility index (Phi) is 6.76. The summed E-state index contributed by atoms with van der Waals surface area (Å²) in [7, 11) is 1.29. The Labute approximate surface area is 199 Å². The second kappa shape index (κ2) is 9.89. The number of nitrogens with zero attached hydrogens (tertiary/aromatic N) is 1. The van der Waals surface area contributed by atoms with E-state index in [1.807, 2.05) is 43.3 Å². The molecule has 0 aliphatic rings. The smallest absolute Gasteiger partial charge is 0.350 e. The van der Waals surface area contributed by atoms with E-state index in [1.165, 1.54) is 18.4 Å². The van der Waals surface area contributed by atoms with Gasteiger partial charge in [0.25, 0.3) is 0 Å². The standard InChI is InChI=1S/C24H20ClN3O4S/c1-3-32-21-13-20(14-4-6-15(25)7-5-14)27-18-9-8-16(12-17(18)21)26-24(30)28-19-10-11-33-22(19)23(29)31-2/h4-13H,3H2,1-2H3,(H2,26,28,30). The summed E-state index contributed by atoms with van der Waals surface area (Å²) in [5.41, 5.74) is 3.34. The van der Waals surface area contributed by atoms with Crippen molar-refractivity contribution in [1.29, 1.82) is 0 Å². The van der Waals surface area contributed by atoms with Gasteiger partial charge in [0.2, 0.25) is 0 Å². The van der Waals surface area contributed by atoms with E-state index in [0.717, 1.165) is 22.2 Å². The summed E-state index contributed by atoms with van der Waals surface area (Å²) in [5.74, 6) is 0.150. The number of anilines is 2. The Morgan fingerprint density at radius 1 is 1.06 bits per heavy atom. The zero-order valence-corrected chi connectivity index (χ0v) is 19.4. The molecule has 4 aromatic rings. The van der Waals surface area contributed by atoms with Gasteiger partial charge in [0.1, 0.15) is 10.6 Å². The average Bonchev–Trinajstić information content (AvgIpc) is 3.27. The molecular weight excluding hydrogens is 462 g/mol. The number of pyridine rings is 1. The molecule has 0 saturated carbocycles. The van der Waals surface area contributed by atoms with Crippen LogP contribution in [-0.2, 0) is 4.74 Å². The molecule has 9 heteroatoms. The molecule has 33 heavy (non-hydrogen) atoms. The van der Waals surface area contributed by atoms with Gasteiger partial charge in [-0.15, -0.1) is 11.3 Å². The molecule has 4 rings (SSSR count). The van der Waals surface area contributed by atoms with Crippen LogP contribution in [0.4, 0.5) is 16.2 Å². The number of methoxy groups -OCH3 is 1. The van der Waals surface area contributed by atoms with Gasteiger partial charge in [0, 0.05) is 27.7 Å². The van der Waals surface area contributed by atoms with Crippen molar-refractivity contribution in [1.82, 2.24) is 4.98 Å². The molecule has 2 aromatic heterocycles. The van der Waals surface area contributed by atoms with Gasteiger partial charge in [-0.3, -0.25) is 0 Å². The summed E-state index contributed by atoms with van der Waals surface area (Å²) in [4.78, 5) is 29.4. The van der Waals surface area contributed by atoms with E-state index >= 15 is 0 Å². The van der Waals surface area contributed by atoms with Crippen molar-refractivity contribution in [2.24, 2.45) is 0 Å². The molecule has 0 radical (unpaired) electrons. The molecule has 2 amide bonds. The van der Waals surface area contributed by atoms with Crippen molar-refractivity contribution < 1.29 is 19.1 Å². The van der Waals surface area contributed by atoms with Crippen molar-refractivity contribution in [3.8, 4) is 17.0 Å². The van der Waals surface area contributed by atoms with E-state index < -0.39 is 12.0 Å². The number of carbonyl (C=O) groups excluding carboxylic acids is 2. The Morgan fingerprint density at radius 3 is 2.58 bits per heavy atom. The number of esters is 1. The zero-order valence-electron chi connectivity index (χ0n) is 17.8. The number of rotatable bonds is 6. The van der Waals surface area contributed by atoms with Gasteiger partial charge in [-0.1, -0.05) is 23.7 Å². The first-order valence-electron chi connectivity index (χ1n) is 10.1. The van der Waals surface area contributed by atoms with Crippen LogP contribution in [0.5, 0.6) is 5.75 Å². The molecule has 0 aliphatic heterocycles. The van der Waals surface area contributed by atoms with E-state index in [0.29, 0.717) is 33.6 Å². The van der Waals surface area contributed by atoms with Crippen LogP contribution in [0.25, 0.3) is 22.2 Å². The lowest BCUT2D eigenvalue weighted by atomic mass is 10.1. The SMILES string of the molecule is CCOc1cc(-c2ccc(Cl)cc2)nc2ccc(NC(=O)Nc3ccsc3C(=O)OC)cc12. The molecular formula is C24H20ClN3O4S. The van der Waals surface area contributed by atoms with Crippen molar-refractivity contribution in [2.45, 2.75) is 6.92 Å². The van der Waals surface area contributed by atoms with E-state index in [4.69, 9.17) is 26.1 Å². The largest absolute Gasteiger partial charge is 0.493 e. The number of hydrogen-bond donors (Lipinski definition) is 2. The van der Waals surface area contributed by atoms with E-state index in [2.05, 4.69) is 10.6 Å². The number of aromatic nitrogens is 1. The highest BCUT2D eigenvalue weighted by atomic mass is 35.5. The Balaban J connectivity index is 1.61. The topological polar surface area (TPSA) is 89.5 Å². The third-order valence-corrected chi connectivity index (χ3v) is 5.90. The van der Waals surface area contributed by atoms with E-state index in [-0.39, 0.29) is 0 Å². The van der Waals surface area contributed by atoms with Crippen LogP contribution in [-0.4, -0.2) is 30.7 Å². The van der Waals surface area contributed by atoms with Crippen LogP contribution in [0.15, 0.2) is 60.0 Å². The second-order valence-electron chi connectivity index (χ2n) is 6.91. The number of hydrogen-bond acceptors (Lipinski definition) is 6. The highest BCUT2D eigenvalue weighted by Crippen LogP contribution is 2.32. The van der Waals surface area contributed by atoms with Gasteiger partial charge < -0.3 is 20.1 Å². The lowest BCUT2D eigenvalue weighted by molar-refractivity contribution is 0.0607. The monoisotopic (exact) mass is 481 g/mol. The number of nitrogens with one attached hydrogen (secondary N) is 2. The molecule has 0 atom stereocenters. The minimum absolute atomic E-state index is 0.323. The lowest BCUT2D eigenvalue weighted by Gasteiger charge is -2.13. The normalized spacial score (nSPS) is 10.6. The first-order valence-corrected chi connectivity index (χ1v) is 11.3. The summed E-state index contributed by atoms with van der Waals surface area (Å²) in [6.45, 7) is 2.38. The average molecular weight is 482 g/mol. The van der Waals surface area contributed by atoms with Crippen molar-refractivity contribution in [2.75, 3.05) is 24.4 Å². The Hall–Kier alpha value is -3.62. The fourth-order valence-electron chi connectivity index (χ4n) is 3.26. The maximum Gasteiger partial charge on any atom is 0.350 e. The van der Waals surface area contributed by atoms with E-state index in [1.54, 1.807) is 23.6 Å². The fraction of sp³-hybridized carbons (Fsp3) is 0.125. The number of urea groups is 1. The third kappa shape index (κ3) is 5.08. The van der Waals surface area contributed by atoms with Gasteiger partial charge in [-0.05, 0) is 48.7 Å². The van der Waals surface area contributed by atoms with Crippen LogP contribution in [0.1, 0.15) is 16.6 Å². The highest BCUT2D eigenvalue weighted by Gasteiger charge is 2.16. The summed E-state index contributed by atoms with van der Waals surface area (Å²) < 4.78 is 10.6. The first kappa shape index (κ1) is 22.6. The lowest BCUT2D eigenvalue weighted by Crippen LogP contribution is -2.20. The number of carbonyl (C=O) groups is 2. The minimum Gasteiger partial charge on any atom is -0.493 e. The molecule has 2 N–H and O–H groups in total. The van der Waals surface area contributed by atoms with Crippen molar-refractivity contribution >= 4 is 57.2 Å². The molecule has 0 saturated heterocycles. The van der Waals surface area contributed by atoms with Gasteiger partial charge in [0.05, 0.1) is 30.6 Å². The van der Waals surface area contributed by atoms with Gasteiger partial charge in [0.15, 0.2) is 0 Å². The van der Waals surface area contributed by atoms with Gasteiger partial charge in [-0.25, -0.2) is 14.6 Å². The Morgan fingerprint density at radius 2 is 1.85 bits per heavy atom. The number of ether oxygens (including phenoxy) is 2. The maximum atomic E-state index is 12.5. The fourth-order valence-corrected chi connectivity index (χ4v) is 4.15. The molecule has 168 valence electrons. The van der Waals surface area contributed by atoms with E-state index in [9.17, 15) is 9.59 Å². The number of fused-ring (bicyclic) bond motifs is 1. The molecule has 0 aliphatic carbocycles. The quantitative estimate of drug-likeness (QED) is 0.309. The molecule has 0 unspecified atom stereocenters. The summed E-state index contributed by atoms with van der Waals surface area (Å²) in [5, 5.41) is 8.58. The number of benzene rings is 2. The number of halogens is 1. The predicted octanol–water partition coefficient (Wildman–Crippen LogP) is 6.45. The number of thiophene rings is 1. The van der Waals surface area contributed by atoms with Gasteiger partial charge in [-0.2, -0.15) is 0 Å². The maximum absolute atomic E-state index is 12.5. The van der Waals surface area contributed by atoms with Crippen LogP contribution < -0.4 is 15.4 Å². The molecule has 0 bridgehead atoms. The molecule has 0 fully saturated rings. The Bertz CT molecular complexity index is 1320. The van der Waals surface area contributed by atoms with Gasteiger partial charge >= 0.3 is 12.0 Å². The van der Waals surface area contributed by atoms with Crippen LogP contribution in [0.2, 0.25) is 5.02 Å². The molecule has 7 nitrogen and oxygen atoms in total. The molecule has 2 aromatic carbocycles. The third-order valence-electron chi connectivity index (χ3n) is 4.75. The predicted molar refractivity (Wildman–Crippen MR) is 132 cm³/mol. The van der Waals surface area contributed by atoms with Crippen molar-refractivity contribution in [3.05, 3.63) is 69.9 Å². The van der Waals surface area contributed by atoms with Crippen LogP contribution in [0, 0.1) is 0 Å².